The first-order valence-electron chi connectivity index (χ1n) is 6.99. The number of benzene rings is 1. The maximum absolute atomic E-state index is 8.99. The quantitative estimate of drug-likeness (QED) is 0.823. The molecule has 1 aliphatic rings. The van der Waals surface area contributed by atoms with Gasteiger partial charge < -0.3 is 10.1 Å². The van der Waals surface area contributed by atoms with Gasteiger partial charge in [0.05, 0.1) is 18.1 Å². The van der Waals surface area contributed by atoms with Crippen LogP contribution in [0.2, 0.25) is 0 Å². The molecular weight excluding hydrogens is 236 g/mol. The molecule has 0 radical (unpaired) electrons. The van der Waals surface area contributed by atoms with Crippen molar-refractivity contribution in [2.45, 2.75) is 39.2 Å². The molecule has 0 aliphatic carbocycles. The third-order valence-corrected chi connectivity index (χ3v) is 3.63. The summed E-state index contributed by atoms with van der Waals surface area (Å²) >= 11 is 0. The lowest BCUT2D eigenvalue weighted by atomic mass is 9.90. The van der Waals surface area contributed by atoms with Gasteiger partial charge in [0.25, 0.3) is 0 Å². The fourth-order valence-electron chi connectivity index (χ4n) is 2.42. The number of para-hydroxylation sites is 1. The third kappa shape index (κ3) is 3.71. The van der Waals surface area contributed by atoms with Gasteiger partial charge in [-0.3, -0.25) is 0 Å². The van der Waals surface area contributed by atoms with Crippen molar-refractivity contribution in [1.29, 1.82) is 5.26 Å². The highest BCUT2D eigenvalue weighted by Gasteiger charge is 2.21. The minimum Gasteiger partial charge on any atom is -0.493 e. The molecule has 1 aliphatic heterocycles. The Balaban J connectivity index is 1.84. The summed E-state index contributed by atoms with van der Waals surface area (Å²) in [6.45, 7) is 5.72. The van der Waals surface area contributed by atoms with E-state index in [4.69, 9.17) is 10.00 Å². The van der Waals surface area contributed by atoms with Gasteiger partial charge in [-0.1, -0.05) is 18.2 Å². The van der Waals surface area contributed by atoms with Crippen molar-refractivity contribution in [2.24, 2.45) is 5.41 Å². The Hall–Kier alpha value is -1.53. The van der Waals surface area contributed by atoms with E-state index in [0.29, 0.717) is 6.04 Å². The number of nitriles is 1. The van der Waals surface area contributed by atoms with E-state index < -0.39 is 0 Å². The summed E-state index contributed by atoms with van der Waals surface area (Å²) in [5, 5.41) is 12.6. The van der Waals surface area contributed by atoms with Crippen molar-refractivity contribution < 1.29 is 4.74 Å². The lowest BCUT2D eigenvalue weighted by Gasteiger charge is -2.27. The summed E-state index contributed by atoms with van der Waals surface area (Å²) in [4.78, 5) is 0. The monoisotopic (exact) mass is 258 g/mol. The van der Waals surface area contributed by atoms with Gasteiger partial charge in [-0.05, 0) is 39.3 Å². The first kappa shape index (κ1) is 13.9. The molecule has 2 rings (SSSR count). The second kappa shape index (κ2) is 6.08. The Morgan fingerprint density at radius 1 is 1.42 bits per heavy atom. The molecule has 0 saturated heterocycles. The number of ether oxygens (including phenoxy) is 1. The molecule has 0 aromatic heterocycles. The van der Waals surface area contributed by atoms with Crippen LogP contribution in [-0.2, 0) is 0 Å². The smallest absolute Gasteiger partial charge is 0.124 e. The molecule has 0 bridgehead atoms. The maximum atomic E-state index is 8.99. The summed E-state index contributed by atoms with van der Waals surface area (Å²) in [6.07, 6.45) is 2.97. The molecule has 19 heavy (non-hydrogen) atoms. The van der Waals surface area contributed by atoms with Crippen LogP contribution in [0.25, 0.3) is 0 Å². The van der Waals surface area contributed by atoms with Gasteiger partial charge in [-0.2, -0.15) is 5.26 Å². The molecule has 0 amide bonds. The fraction of sp³-hybridized carbons (Fsp3) is 0.562. The molecule has 3 nitrogen and oxygen atoms in total. The topological polar surface area (TPSA) is 45.0 Å². The van der Waals surface area contributed by atoms with Crippen LogP contribution in [0.4, 0.5) is 0 Å². The van der Waals surface area contributed by atoms with E-state index in [0.717, 1.165) is 38.2 Å². The summed E-state index contributed by atoms with van der Waals surface area (Å²) in [5.74, 6) is 1.00. The number of rotatable bonds is 5. The SMILES string of the molecule is CC(C)(C#N)CCCNC1CCOc2ccccc21. The van der Waals surface area contributed by atoms with Crippen molar-refractivity contribution in [3.05, 3.63) is 29.8 Å². The van der Waals surface area contributed by atoms with E-state index in [1.165, 1.54) is 5.56 Å². The summed E-state index contributed by atoms with van der Waals surface area (Å²) in [5.41, 5.74) is 1.04. The van der Waals surface area contributed by atoms with Gasteiger partial charge >= 0.3 is 0 Å². The van der Waals surface area contributed by atoms with Crippen LogP contribution in [0.15, 0.2) is 24.3 Å². The zero-order valence-electron chi connectivity index (χ0n) is 11.8. The number of hydrogen-bond acceptors (Lipinski definition) is 3. The predicted octanol–water partition coefficient (Wildman–Crippen LogP) is 3.43. The van der Waals surface area contributed by atoms with Crippen LogP contribution in [-0.4, -0.2) is 13.2 Å². The van der Waals surface area contributed by atoms with Gasteiger partial charge in [0.15, 0.2) is 0 Å². The van der Waals surface area contributed by atoms with Crippen LogP contribution in [0, 0.1) is 16.7 Å². The van der Waals surface area contributed by atoms with Crippen molar-refractivity contribution in [3.63, 3.8) is 0 Å². The molecule has 0 fully saturated rings. The molecule has 1 aromatic rings. The van der Waals surface area contributed by atoms with Crippen LogP contribution >= 0.6 is 0 Å². The van der Waals surface area contributed by atoms with Crippen molar-refractivity contribution >= 4 is 0 Å². The van der Waals surface area contributed by atoms with Gasteiger partial charge in [0.1, 0.15) is 5.75 Å². The third-order valence-electron chi connectivity index (χ3n) is 3.63. The molecule has 102 valence electrons. The summed E-state index contributed by atoms with van der Waals surface area (Å²) in [7, 11) is 0. The molecule has 1 atom stereocenters. The average Bonchev–Trinajstić information content (AvgIpc) is 2.44. The number of nitrogens with one attached hydrogen (secondary N) is 1. The minimum absolute atomic E-state index is 0.213. The Morgan fingerprint density at radius 2 is 2.21 bits per heavy atom. The van der Waals surface area contributed by atoms with E-state index in [-0.39, 0.29) is 5.41 Å². The molecule has 0 spiro atoms. The zero-order valence-corrected chi connectivity index (χ0v) is 11.8. The molecule has 1 heterocycles. The largest absolute Gasteiger partial charge is 0.493 e. The van der Waals surface area contributed by atoms with E-state index in [9.17, 15) is 0 Å². The van der Waals surface area contributed by atoms with E-state index >= 15 is 0 Å². The highest BCUT2D eigenvalue weighted by molar-refractivity contribution is 5.37. The Morgan fingerprint density at radius 3 is 3.00 bits per heavy atom. The molecule has 1 N–H and O–H groups in total. The van der Waals surface area contributed by atoms with Crippen LogP contribution in [0.5, 0.6) is 5.75 Å². The highest BCUT2D eigenvalue weighted by Crippen LogP contribution is 2.31. The number of fused-ring (bicyclic) bond motifs is 1. The standard InChI is InChI=1S/C16H22N2O/c1-16(2,12-17)9-5-10-18-14-8-11-19-15-7-4-3-6-13(14)15/h3-4,6-7,14,18H,5,8-11H2,1-2H3. The maximum Gasteiger partial charge on any atom is 0.124 e. The van der Waals surface area contributed by atoms with Crippen molar-refractivity contribution in [3.8, 4) is 11.8 Å². The highest BCUT2D eigenvalue weighted by atomic mass is 16.5. The van der Waals surface area contributed by atoms with Crippen LogP contribution < -0.4 is 10.1 Å². The fourth-order valence-corrected chi connectivity index (χ4v) is 2.42. The molecule has 3 heteroatoms. The number of hydrogen-bond donors (Lipinski definition) is 1. The first-order chi connectivity index (χ1) is 9.12. The summed E-state index contributed by atoms with van der Waals surface area (Å²) < 4.78 is 5.65. The molecule has 0 saturated carbocycles. The normalized spacial score (nSPS) is 18.3. The van der Waals surface area contributed by atoms with E-state index in [1.54, 1.807) is 0 Å². The zero-order chi connectivity index (χ0) is 13.7. The summed E-state index contributed by atoms with van der Waals surface area (Å²) in [6, 6.07) is 11.0. The van der Waals surface area contributed by atoms with Gasteiger partial charge in [0, 0.05) is 18.0 Å². The predicted molar refractivity (Wildman–Crippen MR) is 75.9 cm³/mol. The van der Waals surface area contributed by atoms with Gasteiger partial charge in [-0.25, -0.2) is 0 Å². The Kier molecular flexibility index (Phi) is 4.44. The second-order valence-corrected chi connectivity index (χ2v) is 5.78. The van der Waals surface area contributed by atoms with Crippen molar-refractivity contribution in [1.82, 2.24) is 5.32 Å². The van der Waals surface area contributed by atoms with E-state index in [1.807, 2.05) is 26.0 Å². The lowest BCUT2D eigenvalue weighted by molar-refractivity contribution is 0.251. The van der Waals surface area contributed by atoms with Gasteiger partial charge in [0.2, 0.25) is 0 Å². The van der Waals surface area contributed by atoms with E-state index in [2.05, 4.69) is 23.5 Å². The van der Waals surface area contributed by atoms with Crippen LogP contribution in [0.1, 0.15) is 44.7 Å². The number of nitrogens with zero attached hydrogens (tertiary/aromatic N) is 1. The molecule has 1 aromatic carbocycles. The van der Waals surface area contributed by atoms with Crippen LogP contribution in [0.3, 0.4) is 0 Å². The average molecular weight is 258 g/mol. The van der Waals surface area contributed by atoms with Crippen molar-refractivity contribution in [2.75, 3.05) is 13.2 Å². The lowest BCUT2D eigenvalue weighted by Crippen LogP contribution is -2.28. The first-order valence-corrected chi connectivity index (χ1v) is 6.99. The van der Waals surface area contributed by atoms with Gasteiger partial charge in [-0.15, -0.1) is 0 Å². The molecular formula is C16H22N2O. The Bertz CT molecular complexity index is 462. The Labute approximate surface area is 115 Å². The second-order valence-electron chi connectivity index (χ2n) is 5.78. The molecule has 1 unspecified atom stereocenters. The minimum atomic E-state index is -0.213.